The average molecular weight is 273 g/mol. The lowest BCUT2D eigenvalue weighted by Crippen LogP contribution is -2.43. The van der Waals surface area contributed by atoms with Gasteiger partial charge in [0, 0.05) is 10.8 Å². The van der Waals surface area contributed by atoms with Crippen LogP contribution < -0.4 is 5.32 Å². The molecular formula is C15H31NOS. The maximum atomic E-state index is 9.31. The average Bonchev–Trinajstić information content (AvgIpc) is 2.38. The van der Waals surface area contributed by atoms with Gasteiger partial charge in [0.15, 0.2) is 0 Å². The van der Waals surface area contributed by atoms with Gasteiger partial charge >= 0.3 is 0 Å². The van der Waals surface area contributed by atoms with Crippen LogP contribution in [-0.2, 0) is 0 Å². The molecule has 2 nitrogen and oxygen atoms in total. The Morgan fingerprint density at radius 1 is 1.33 bits per heavy atom. The van der Waals surface area contributed by atoms with E-state index in [2.05, 4.69) is 30.9 Å². The molecule has 2 N–H and O–H groups in total. The summed E-state index contributed by atoms with van der Waals surface area (Å²) in [6.45, 7) is 4.73. The van der Waals surface area contributed by atoms with Crippen LogP contribution in [0, 0.1) is 5.92 Å². The SMILES string of the molecule is CNC(C)(CO)CCCCSC1CCCC(C)C1. The predicted molar refractivity (Wildman–Crippen MR) is 82.3 cm³/mol. The summed E-state index contributed by atoms with van der Waals surface area (Å²) in [6.07, 6.45) is 9.30. The van der Waals surface area contributed by atoms with Crippen molar-refractivity contribution in [2.45, 2.75) is 69.6 Å². The normalized spacial score (nSPS) is 28.0. The summed E-state index contributed by atoms with van der Waals surface area (Å²) in [7, 11) is 1.94. The van der Waals surface area contributed by atoms with Gasteiger partial charge in [0.2, 0.25) is 0 Å². The van der Waals surface area contributed by atoms with E-state index in [1.807, 2.05) is 7.05 Å². The van der Waals surface area contributed by atoms with Gasteiger partial charge in [-0.15, -0.1) is 0 Å². The van der Waals surface area contributed by atoms with E-state index in [0.717, 1.165) is 17.6 Å². The van der Waals surface area contributed by atoms with Crippen LogP contribution in [0.25, 0.3) is 0 Å². The van der Waals surface area contributed by atoms with Crippen molar-refractivity contribution in [1.29, 1.82) is 0 Å². The zero-order valence-electron chi connectivity index (χ0n) is 12.4. The highest BCUT2D eigenvalue weighted by Gasteiger charge is 2.21. The predicted octanol–water partition coefficient (Wildman–Crippen LogP) is 3.44. The number of rotatable bonds is 8. The largest absolute Gasteiger partial charge is 0.394 e. The number of thioether (sulfide) groups is 1. The molecule has 1 aliphatic carbocycles. The van der Waals surface area contributed by atoms with Crippen molar-refractivity contribution in [1.82, 2.24) is 5.32 Å². The minimum atomic E-state index is -0.0793. The Bertz CT molecular complexity index is 219. The van der Waals surface area contributed by atoms with Crippen LogP contribution in [0.1, 0.15) is 58.8 Å². The van der Waals surface area contributed by atoms with Gasteiger partial charge in [0.1, 0.15) is 0 Å². The minimum Gasteiger partial charge on any atom is -0.394 e. The third kappa shape index (κ3) is 5.94. The van der Waals surface area contributed by atoms with Crippen molar-refractivity contribution in [3.63, 3.8) is 0 Å². The first-order valence-electron chi connectivity index (χ1n) is 7.51. The summed E-state index contributed by atoms with van der Waals surface area (Å²) in [6, 6.07) is 0. The Kier molecular flexibility index (Phi) is 7.66. The second-order valence-electron chi connectivity index (χ2n) is 6.19. The van der Waals surface area contributed by atoms with Gasteiger partial charge in [-0.05, 0) is 51.3 Å². The fourth-order valence-electron chi connectivity index (χ4n) is 2.68. The number of likely N-dealkylation sites (N-methyl/N-ethyl adjacent to an activating group) is 1. The van der Waals surface area contributed by atoms with E-state index in [1.54, 1.807) is 0 Å². The summed E-state index contributed by atoms with van der Waals surface area (Å²) >= 11 is 2.18. The van der Waals surface area contributed by atoms with Crippen LogP contribution in [0.4, 0.5) is 0 Å². The first-order valence-corrected chi connectivity index (χ1v) is 8.56. The molecule has 0 bridgehead atoms. The summed E-state index contributed by atoms with van der Waals surface area (Å²) in [5, 5.41) is 13.4. The molecule has 0 saturated heterocycles. The van der Waals surface area contributed by atoms with Gasteiger partial charge in [-0.3, -0.25) is 0 Å². The molecule has 0 aromatic carbocycles. The first kappa shape index (κ1) is 16.3. The molecule has 3 unspecified atom stereocenters. The molecule has 1 saturated carbocycles. The molecule has 0 aliphatic heterocycles. The highest BCUT2D eigenvalue weighted by molar-refractivity contribution is 7.99. The smallest absolute Gasteiger partial charge is 0.0610 e. The van der Waals surface area contributed by atoms with Gasteiger partial charge in [-0.2, -0.15) is 11.8 Å². The topological polar surface area (TPSA) is 32.3 Å². The maximum absolute atomic E-state index is 9.31. The lowest BCUT2D eigenvalue weighted by Gasteiger charge is -2.27. The van der Waals surface area contributed by atoms with E-state index in [-0.39, 0.29) is 12.1 Å². The molecule has 0 radical (unpaired) electrons. The van der Waals surface area contributed by atoms with Gasteiger partial charge in [-0.1, -0.05) is 26.2 Å². The molecule has 108 valence electrons. The van der Waals surface area contributed by atoms with Crippen molar-refractivity contribution in [2.75, 3.05) is 19.4 Å². The molecule has 1 aliphatic rings. The van der Waals surface area contributed by atoms with Crippen LogP contribution >= 0.6 is 11.8 Å². The molecule has 0 amide bonds. The van der Waals surface area contributed by atoms with E-state index >= 15 is 0 Å². The molecule has 3 atom stereocenters. The fourth-order valence-corrected chi connectivity index (χ4v) is 4.18. The van der Waals surface area contributed by atoms with Crippen LogP contribution in [-0.4, -0.2) is 35.3 Å². The second-order valence-corrected chi connectivity index (χ2v) is 7.60. The number of aliphatic hydroxyl groups is 1. The zero-order valence-corrected chi connectivity index (χ0v) is 13.2. The number of aliphatic hydroxyl groups excluding tert-OH is 1. The summed E-state index contributed by atoms with van der Waals surface area (Å²) in [5.74, 6) is 2.24. The number of unbranched alkanes of at least 4 members (excludes halogenated alkanes) is 1. The molecule has 0 aromatic rings. The molecule has 3 heteroatoms. The van der Waals surface area contributed by atoms with Crippen molar-refractivity contribution < 1.29 is 5.11 Å². The fraction of sp³-hybridized carbons (Fsp3) is 1.00. The van der Waals surface area contributed by atoms with Gasteiger partial charge in [0.25, 0.3) is 0 Å². The third-order valence-corrected chi connectivity index (χ3v) is 5.74. The van der Waals surface area contributed by atoms with Crippen LogP contribution in [0.15, 0.2) is 0 Å². The van der Waals surface area contributed by atoms with E-state index in [0.29, 0.717) is 0 Å². The number of nitrogens with one attached hydrogen (secondary N) is 1. The lowest BCUT2D eigenvalue weighted by atomic mass is 9.91. The molecule has 0 aromatic heterocycles. The van der Waals surface area contributed by atoms with E-state index in [4.69, 9.17) is 0 Å². The van der Waals surface area contributed by atoms with Gasteiger partial charge in [0.05, 0.1) is 6.61 Å². The highest BCUT2D eigenvalue weighted by Crippen LogP contribution is 2.32. The molecule has 1 rings (SSSR count). The zero-order chi connectivity index (χ0) is 13.4. The summed E-state index contributed by atoms with van der Waals surface area (Å²) in [4.78, 5) is 0. The molecule has 0 spiro atoms. The number of hydrogen-bond donors (Lipinski definition) is 2. The Morgan fingerprint density at radius 3 is 2.72 bits per heavy atom. The van der Waals surface area contributed by atoms with Crippen molar-refractivity contribution in [2.24, 2.45) is 5.92 Å². The standard InChI is InChI=1S/C15H31NOS/c1-13-7-6-8-14(11-13)18-10-5-4-9-15(2,12-17)16-3/h13-14,16-17H,4-12H2,1-3H3. The summed E-state index contributed by atoms with van der Waals surface area (Å²) in [5.41, 5.74) is -0.0793. The van der Waals surface area contributed by atoms with Gasteiger partial charge in [-0.25, -0.2) is 0 Å². The summed E-state index contributed by atoms with van der Waals surface area (Å²) < 4.78 is 0. The Balaban J connectivity index is 2.04. The van der Waals surface area contributed by atoms with Crippen LogP contribution in [0.5, 0.6) is 0 Å². The molecular weight excluding hydrogens is 242 g/mol. The van der Waals surface area contributed by atoms with Crippen molar-refractivity contribution in [3.8, 4) is 0 Å². The second kappa shape index (κ2) is 8.44. The number of hydrogen-bond acceptors (Lipinski definition) is 3. The molecule has 1 fully saturated rings. The first-order chi connectivity index (χ1) is 8.59. The minimum absolute atomic E-state index is 0.0793. The van der Waals surface area contributed by atoms with E-state index in [1.165, 1.54) is 44.3 Å². The molecule has 18 heavy (non-hydrogen) atoms. The quantitative estimate of drug-likeness (QED) is 0.665. The van der Waals surface area contributed by atoms with Crippen molar-refractivity contribution >= 4 is 11.8 Å². The van der Waals surface area contributed by atoms with Crippen molar-refractivity contribution in [3.05, 3.63) is 0 Å². The Hall–Kier alpha value is 0.270. The van der Waals surface area contributed by atoms with Crippen LogP contribution in [0.2, 0.25) is 0 Å². The lowest BCUT2D eigenvalue weighted by molar-refractivity contribution is 0.171. The van der Waals surface area contributed by atoms with E-state index < -0.39 is 0 Å². The van der Waals surface area contributed by atoms with Gasteiger partial charge < -0.3 is 10.4 Å². The van der Waals surface area contributed by atoms with Crippen LogP contribution in [0.3, 0.4) is 0 Å². The Labute approximate surface area is 117 Å². The van der Waals surface area contributed by atoms with E-state index in [9.17, 15) is 5.11 Å². The highest BCUT2D eigenvalue weighted by atomic mass is 32.2. The monoisotopic (exact) mass is 273 g/mol. The molecule has 0 heterocycles. The Morgan fingerprint density at radius 2 is 2.11 bits per heavy atom. The maximum Gasteiger partial charge on any atom is 0.0610 e. The third-order valence-electron chi connectivity index (χ3n) is 4.32.